The minimum Gasteiger partial charge on any atom is -0.303 e. The van der Waals surface area contributed by atoms with Gasteiger partial charge in [0.2, 0.25) is 0 Å². The van der Waals surface area contributed by atoms with Crippen molar-refractivity contribution in [3.8, 4) is 0 Å². The van der Waals surface area contributed by atoms with Gasteiger partial charge in [-0.2, -0.15) is 0 Å². The number of aldehydes is 1. The van der Waals surface area contributed by atoms with Gasteiger partial charge in [-0.3, -0.25) is 0 Å². The second-order valence-electron chi connectivity index (χ2n) is 5.98. The zero-order valence-corrected chi connectivity index (χ0v) is 12.7. The summed E-state index contributed by atoms with van der Waals surface area (Å²) in [5.74, 6) is 0.335. The van der Waals surface area contributed by atoms with Crippen LogP contribution in [0, 0.1) is 0 Å². The molecule has 1 atom stereocenters. The summed E-state index contributed by atoms with van der Waals surface area (Å²) in [5, 5.41) is 0. The van der Waals surface area contributed by atoms with E-state index in [4.69, 9.17) is 0 Å². The van der Waals surface area contributed by atoms with Gasteiger partial charge in [-0.05, 0) is 23.9 Å². The summed E-state index contributed by atoms with van der Waals surface area (Å²) in [4.78, 5) is 10.8. The van der Waals surface area contributed by atoms with E-state index >= 15 is 0 Å². The predicted octanol–water partition coefficient (Wildman–Crippen LogP) is 4.64. The van der Waals surface area contributed by atoms with Crippen molar-refractivity contribution in [2.45, 2.75) is 44.4 Å². The Morgan fingerprint density at radius 2 is 1.72 bits per heavy atom. The van der Waals surface area contributed by atoms with Crippen molar-refractivity contribution >= 4 is 14.4 Å². The molecule has 0 radical (unpaired) electrons. The number of rotatable bonds is 7. The smallest absolute Gasteiger partial charge is 0.120 e. The number of hydrogen-bond acceptors (Lipinski definition) is 1. The molecule has 0 fully saturated rings. The summed E-state index contributed by atoms with van der Waals surface area (Å²) in [5.41, 5.74) is 1.27. The fourth-order valence-corrected chi connectivity index (χ4v) is 2.78. The van der Waals surface area contributed by atoms with Gasteiger partial charge in [0.05, 0.1) is 0 Å². The summed E-state index contributed by atoms with van der Waals surface area (Å²) in [7, 11) is -0.983. The van der Waals surface area contributed by atoms with E-state index in [9.17, 15) is 4.79 Å². The first-order valence-electron chi connectivity index (χ1n) is 6.66. The van der Waals surface area contributed by atoms with Crippen LogP contribution in [0.2, 0.25) is 25.7 Å². The molecule has 1 nitrogen and oxygen atoms in total. The molecule has 98 valence electrons. The summed E-state index contributed by atoms with van der Waals surface area (Å²) in [6.45, 7) is 7.12. The molecule has 18 heavy (non-hydrogen) atoms. The van der Waals surface area contributed by atoms with E-state index in [-0.39, 0.29) is 0 Å². The molecule has 0 saturated carbocycles. The lowest BCUT2D eigenvalue weighted by atomic mass is 9.93. The summed E-state index contributed by atoms with van der Waals surface area (Å²) < 4.78 is 0. The number of carbonyl (C=O) groups excluding carboxylic acids is 1. The van der Waals surface area contributed by atoms with Crippen LogP contribution in [0.25, 0.3) is 0 Å². The Balaban J connectivity index is 2.57. The molecule has 0 saturated heterocycles. The van der Waals surface area contributed by atoms with Gasteiger partial charge in [0, 0.05) is 14.5 Å². The van der Waals surface area contributed by atoms with E-state index in [2.05, 4.69) is 43.9 Å². The molecule has 0 aromatic heterocycles. The van der Waals surface area contributed by atoms with Crippen molar-refractivity contribution in [3.63, 3.8) is 0 Å². The molecular formula is C16H24OSi. The number of benzene rings is 1. The van der Waals surface area contributed by atoms with Gasteiger partial charge in [-0.15, -0.1) is 0 Å². The van der Waals surface area contributed by atoms with E-state index in [1.165, 1.54) is 11.6 Å². The molecule has 1 aromatic rings. The molecule has 1 unspecified atom stereocenters. The fourth-order valence-electron chi connectivity index (χ4n) is 1.91. The first-order chi connectivity index (χ1) is 8.53. The van der Waals surface area contributed by atoms with Crippen molar-refractivity contribution in [2.24, 2.45) is 0 Å². The van der Waals surface area contributed by atoms with Crippen LogP contribution in [0.5, 0.6) is 0 Å². The number of carbonyl (C=O) groups is 1. The lowest BCUT2D eigenvalue weighted by molar-refractivity contribution is -0.108. The maximum atomic E-state index is 10.8. The van der Waals surface area contributed by atoms with Crippen LogP contribution in [-0.4, -0.2) is 14.4 Å². The molecule has 0 bridgehead atoms. The van der Waals surface area contributed by atoms with Crippen LogP contribution in [0.4, 0.5) is 0 Å². The molecule has 0 amide bonds. The fraction of sp³-hybridized carbons (Fsp3) is 0.438. The predicted molar refractivity (Wildman–Crippen MR) is 81.8 cm³/mol. The van der Waals surface area contributed by atoms with E-state index in [1.54, 1.807) is 0 Å². The third kappa shape index (κ3) is 5.96. The Labute approximate surface area is 112 Å². The summed E-state index contributed by atoms with van der Waals surface area (Å²) in [6, 6.07) is 11.5. The van der Waals surface area contributed by atoms with Crippen molar-refractivity contribution in [1.82, 2.24) is 0 Å². The van der Waals surface area contributed by atoms with Gasteiger partial charge in [0.1, 0.15) is 6.29 Å². The molecule has 1 rings (SSSR count). The molecular weight excluding hydrogens is 236 g/mol. The topological polar surface area (TPSA) is 17.1 Å². The van der Waals surface area contributed by atoms with Gasteiger partial charge in [-0.25, -0.2) is 0 Å². The van der Waals surface area contributed by atoms with E-state index in [0.717, 1.165) is 12.7 Å². The first-order valence-corrected chi connectivity index (χ1v) is 10.4. The summed E-state index contributed by atoms with van der Waals surface area (Å²) >= 11 is 0. The number of hydrogen-bond donors (Lipinski definition) is 0. The molecule has 2 heteroatoms. The Hall–Kier alpha value is -1.15. The second kappa shape index (κ2) is 7.32. The highest BCUT2D eigenvalue weighted by atomic mass is 28.3. The average Bonchev–Trinajstić information content (AvgIpc) is 2.33. The minimum absolute atomic E-state index is 0.335. The standard InChI is InChI=1S/C16H24OSi/c1-18(2,3)14-8-7-11-16(12-13-17)15-9-5-4-6-10-15/h4-10,13,16H,11-12,14H2,1-3H3/b8-7+. The van der Waals surface area contributed by atoms with Gasteiger partial charge in [0.15, 0.2) is 0 Å². The largest absolute Gasteiger partial charge is 0.303 e. The Morgan fingerprint density at radius 3 is 2.28 bits per heavy atom. The molecule has 0 spiro atoms. The SMILES string of the molecule is C[Si](C)(C)C/C=C/CC(CC=O)c1ccccc1. The first kappa shape index (κ1) is 14.9. The second-order valence-corrected chi connectivity index (χ2v) is 11.5. The Kier molecular flexibility index (Phi) is 6.06. The van der Waals surface area contributed by atoms with Crippen LogP contribution in [-0.2, 0) is 4.79 Å². The Morgan fingerprint density at radius 1 is 1.06 bits per heavy atom. The third-order valence-electron chi connectivity index (χ3n) is 2.97. The van der Waals surface area contributed by atoms with Crippen LogP contribution in [0.15, 0.2) is 42.5 Å². The lowest BCUT2D eigenvalue weighted by Gasteiger charge is -2.14. The van der Waals surface area contributed by atoms with Crippen LogP contribution in [0.1, 0.15) is 24.3 Å². The molecule has 0 aliphatic rings. The minimum atomic E-state index is -0.983. The van der Waals surface area contributed by atoms with E-state index in [1.807, 2.05) is 18.2 Å². The number of allylic oxidation sites excluding steroid dienone is 2. The van der Waals surface area contributed by atoms with Crippen molar-refractivity contribution < 1.29 is 4.79 Å². The van der Waals surface area contributed by atoms with Crippen molar-refractivity contribution in [2.75, 3.05) is 0 Å². The zero-order valence-electron chi connectivity index (χ0n) is 11.7. The molecule has 0 aliphatic heterocycles. The lowest BCUT2D eigenvalue weighted by Crippen LogP contribution is -2.17. The van der Waals surface area contributed by atoms with E-state index < -0.39 is 8.07 Å². The zero-order chi connectivity index (χ0) is 13.4. The highest BCUT2D eigenvalue weighted by Gasteiger charge is 2.11. The molecule has 0 heterocycles. The third-order valence-corrected chi connectivity index (χ3v) is 4.43. The maximum Gasteiger partial charge on any atom is 0.120 e. The van der Waals surface area contributed by atoms with Crippen molar-refractivity contribution in [1.29, 1.82) is 0 Å². The van der Waals surface area contributed by atoms with Crippen LogP contribution < -0.4 is 0 Å². The monoisotopic (exact) mass is 260 g/mol. The molecule has 1 aromatic carbocycles. The Bertz CT molecular complexity index is 376. The quantitative estimate of drug-likeness (QED) is 0.396. The molecule has 0 N–H and O–H groups in total. The average molecular weight is 260 g/mol. The summed E-state index contributed by atoms with van der Waals surface area (Å²) in [6.07, 6.45) is 7.16. The highest BCUT2D eigenvalue weighted by molar-refractivity contribution is 6.76. The van der Waals surface area contributed by atoms with Crippen molar-refractivity contribution in [3.05, 3.63) is 48.0 Å². The maximum absolute atomic E-state index is 10.8. The van der Waals surface area contributed by atoms with Crippen LogP contribution in [0.3, 0.4) is 0 Å². The molecule has 0 aliphatic carbocycles. The van der Waals surface area contributed by atoms with Gasteiger partial charge >= 0.3 is 0 Å². The van der Waals surface area contributed by atoms with Gasteiger partial charge in [0.25, 0.3) is 0 Å². The highest BCUT2D eigenvalue weighted by Crippen LogP contribution is 2.23. The van der Waals surface area contributed by atoms with Gasteiger partial charge < -0.3 is 4.79 Å². The van der Waals surface area contributed by atoms with E-state index in [0.29, 0.717) is 12.3 Å². The van der Waals surface area contributed by atoms with Crippen LogP contribution >= 0.6 is 0 Å². The normalized spacial score (nSPS) is 13.7. The van der Waals surface area contributed by atoms with Gasteiger partial charge in [-0.1, -0.05) is 62.1 Å².